The molecule has 0 unspecified atom stereocenters. The second-order valence-corrected chi connectivity index (χ2v) is 3.39. The van der Waals surface area contributed by atoms with E-state index in [9.17, 15) is 31.1 Å². The van der Waals surface area contributed by atoms with Gasteiger partial charge in [0.15, 0.2) is 6.61 Å². The predicted octanol–water partition coefficient (Wildman–Crippen LogP) is 2.72. The summed E-state index contributed by atoms with van der Waals surface area (Å²) in [5.41, 5.74) is 0. The van der Waals surface area contributed by atoms with Crippen LogP contribution >= 0.6 is 0 Å². The lowest BCUT2D eigenvalue weighted by Gasteiger charge is -2.25. The summed E-state index contributed by atoms with van der Waals surface area (Å²) >= 11 is 0. The standard InChI is InChI=1S/C8H10F6O2/c1-4(2)5(15)16-3-7(11,12)8(13,14)6(9)10/h4,6H,3H2,1-2H3. The maximum absolute atomic E-state index is 12.6. The van der Waals surface area contributed by atoms with Crippen molar-refractivity contribution in [3.05, 3.63) is 0 Å². The van der Waals surface area contributed by atoms with Crippen LogP contribution in [-0.4, -0.2) is 30.8 Å². The molecule has 0 radical (unpaired) electrons. The molecule has 0 rings (SSSR count). The molecule has 0 fully saturated rings. The van der Waals surface area contributed by atoms with E-state index in [0.29, 0.717) is 0 Å². The molecular formula is C8H10F6O2. The van der Waals surface area contributed by atoms with E-state index >= 15 is 0 Å². The van der Waals surface area contributed by atoms with Gasteiger partial charge in [-0.25, -0.2) is 8.78 Å². The Hall–Kier alpha value is -0.950. The van der Waals surface area contributed by atoms with E-state index in [1.165, 1.54) is 13.8 Å². The first-order chi connectivity index (χ1) is 7.02. The minimum atomic E-state index is -5.52. The highest BCUT2D eigenvalue weighted by molar-refractivity contribution is 5.71. The van der Waals surface area contributed by atoms with Gasteiger partial charge in [0.2, 0.25) is 0 Å². The fraction of sp³-hybridized carbons (Fsp3) is 0.875. The summed E-state index contributed by atoms with van der Waals surface area (Å²) in [4.78, 5) is 10.7. The van der Waals surface area contributed by atoms with Crippen LogP contribution in [0.5, 0.6) is 0 Å². The largest absolute Gasteiger partial charge is 0.459 e. The third-order valence-corrected chi connectivity index (χ3v) is 1.63. The van der Waals surface area contributed by atoms with E-state index in [4.69, 9.17) is 0 Å². The Bertz CT molecular complexity index is 251. The number of halogens is 6. The zero-order chi connectivity index (χ0) is 13.1. The number of esters is 1. The van der Waals surface area contributed by atoms with Crippen molar-refractivity contribution < 1.29 is 35.9 Å². The minimum absolute atomic E-state index is 0.809. The van der Waals surface area contributed by atoms with Crippen molar-refractivity contribution in [3.8, 4) is 0 Å². The van der Waals surface area contributed by atoms with E-state index in [1.54, 1.807) is 0 Å². The molecule has 0 aliphatic carbocycles. The average molecular weight is 252 g/mol. The molecule has 96 valence electrons. The fourth-order valence-corrected chi connectivity index (χ4v) is 0.584. The second-order valence-electron chi connectivity index (χ2n) is 3.39. The van der Waals surface area contributed by atoms with Gasteiger partial charge < -0.3 is 4.74 Å². The Labute approximate surface area is 87.6 Å². The van der Waals surface area contributed by atoms with Gasteiger partial charge in [0.05, 0.1) is 5.92 Å². The first-order valence-corrected chi connectivity index (χ1v) is 4.22. The van der Waals surface area contributed by atoms with Gasteiger partial charge in [0.25, 0.3) is 0 Å². The highest BCUT2D eigenvalue weighted by Crippen LogP contribution is 2.39. The van der Waals surface area contributed by atoms with Crippen molar-refractivity contribution in [2.45, 2.75) is 32.1 Å². The minimum Gasteiger partial charge on any atom is -0.459 e. The van der Waals surface area contributed by atoms with E-state index in [1.807, 2.05) is 0 Å². The number of ether oxygens (including phenoxy) is 1. The van der Waals surface area contributed by atoms with Crippen LogP contribution in [0.3, 0.4) is 0 Å². The number of rotatable bonds is 5. The molecule has 0 aliphatic rings. The number of hydrogen-bond acceptors (Lipinski definition) is 2. The molecule has 0 saturated carbocycles. The molecule has 0 amide bonds. The smallest absolute Gasteiger partial charge is 0.372 e. The maximum Gasteiger partial charge on any atom is 0.372 e. The van der Waals surface area contributed by atoms with Crippen molar-refractivity contribution in [2.24, 2.45) is 5.92 Å². The van der Waals surface area contributed by atoms with Crippen LogP contribution < -0.4 is 0 Å². The van der Waals surface area contributed by atoms with Crippen LogP contribution in [0.25, 0.3) is 0 Å². The molecule has 0 aliphatic heterocycles. The molecule has 8 heteroatoms. The first-order valence-electron chi connectivity index (χ1n) is 4.22. The van der Waals surface area contributed by atoms with E-state index in [-0.39, 0.29) is 0 Å². The highest BCUT2D eigenvalue weighted by Gasteiger charge is 2.63. The normalized spacial score (nSPS) is 13.4. The van der Waals surface area contributed by atoms with Gasteiger partial charge in [-0.1, -0.05) is 13.8 Å². The molecule has 16 heavy (non-hydrogen) atoms. The lowest BCUT2D eigenvalue weighted by molar-refractivity contribution is -0.277. The number of hydrogen-bond donors (Lipinski definition) is 0. The Morgan fingerprint density at radius 3 is 1.94 bits per heavy atom. The Morgan fingerprint density at radius 2 is 1.62 bits per heavy atom. The molecule has 0 aromatic rings. The summed E-state index contributed by atoms with van der Waals surface area (Å²) in [5, 5.41) is 0. The summed E-state index contributed by atoms with van der Waals surface area (Å²) < 4.78 is 76.8. The molecule has 0 heterocycles. The summed E-state index contributed by atoms with van der Waals surface area (Å²) in [5.74, 6) is -12.6. The molecule has 0 saturated heterocycles. The van der Waals surface area contributed by atoms with Crippen molar-refractivity contribution in [2.75, 3.05) is 6.61 Å². The van der Waals surface area contributed by atoms with E-state index in [0.717, 1.165) is 0 Å². The Kier molecular flexibility index (Phi) is 4.63. The number of carbonyl (C=O) groups is 1. The predicted molar refractivity (Wildman–Crippen MR) is 41.7 cm³/mol. The van der Waals surface area contributed by atoms with Gasteiger partial charge in [-0.05, 0) is 0 Å². The van der Waals surface area contributed by atoms with Crippen molar-refractivity contribution >= 4 is 5.97 Å². The zero-order valence-electron chi connectivity index (χ0n) is 8.45. The number of carbonyl (C=O) groups excluding carboxylic acids is 1. The molecule has 0 N–H and O–H groups in total. The Morgan fingerprint density at radius 1 is 1.19 bits per heavy atom. The van der Waals surface area contributed by atoms with Crippen molar-refractivity contribution in [1.82, 2.24) is 0 Å². The van der Waals surface area contributed by atoms with E-state index in [2.05, 4.69) is 4.74 Å². The van der Waals surface area contributed by atoms with Gasteiger partial charge in [0, 0.05) is 0 Å². The lowest BCUT2D eigenvalue weighted by atomic mass is 10.2. The summed E-state index contributed by atoms with van der Waals surface area (Å²) in [7, 11) is 0. The summed E-state index contributed by atoms with van der Waals surface area (Å²) in [6, 6.07) is 0. The van der Waals surface area contributed by atoms with Crippen LogP contribution in [0, 0.1) is 5.92 Å². The Balaban J connectivity index is 4.52. The van der Waals surface area contributed by atoms with Gasteiger partial charge >= 0.3 is 24.2 Å². The lowest BCUT2D eigenvalue weighted by Crippen LogP contribution is -2.49. The molecule has 0 bridgehead atoms. The monoisotopic (exact) mass is 252 g/mol. The van der Waals surface area contributed by atoms with Crippen molar-refractivity contribution in [1.29, 1.82) is 0 Å². The van der Waals surface area contributed by atoms with Gasteiger partial charge in [-0.15, -0.1) is 0 Å². The van der Waals surface area contributed by atoms with E-state index < -0.39 is 36.8 Å². The number of alkyl halides is 6. The maximum atomic E-state index is 12.6. The molecule has 0 aromatic carbocycles. The molecular weight excluding hydrogens is 242 g/mol. The van der Waals surface area contributed by atoms with Crippen LogP contribution in [0.4, 0.5) is 26.3 Å². The van der Waals surface area contributed by atoms with Crippen LogP contribution in [0.15, 0.2) is 0 Å². The zero-order valence-corrected chi connectivity index (χ0v) is 8.45. The fourth-order valence-electron chi connectivity index (χ4n) is 0.584. The molecule has 0 aromatic heterocycles. The first kappa shape index (κ1) is 15.0. The topological polar surface area (TPSA) is 26.3 Å². The third-order valence-electron chi connectivity index (χ3n) is 1.63. The van der Waals surface area contributed by atoms with Gasteiger partial charge in [0.1, 0.15) is 0 Å². The molecule has 0 atom stereocenters. The second kappa shape index (κ2) is 4.92. The van der Waals surface area contributed by atoms with Crippen LogP contribution in [0.2, 0.25) is 0 Å². The highest BCUT2D eigenvalue weighted by atomic mass is 19.3. The summed E-state index contributed by atoms with van der Waals surface area (Å²) in [6.45, 7) is 0.499. The average Bonchev–Trinajstić information content (AvgIpc) is 2.13. The van der Waals surface area contributed by atoms with Gasteiger partial charge in [-0.2, -0.15) is 17.6 Å². The van der Waals surface area contributed by atoms with Crippen molar-refractivity contribution in [3.63, 3.8) is 0 Å². The molecule has 0 spiro atoms. The van der Waals surface area contributed by atoms with Gasteiger partial charge in [-0.3, -0.25) is 4.79 Å². The van der Waals surface area contributed by atoms with Crippen LogP contribution in [-0.2, 0) is 9.53 Å². The quantitative estimate of drug-likeness (QED) is 0.555. The third kappa shape index (κ3) is 3.28. The summed E-state index contributed by atoms with van der Waals surface area (Å²) in [6.07, 6.45) is -4.53. The SMILES string of the molecule is CC(C)C(=O)OCC(F)(F)C(F)(F)C(F)F. The molecule has 2 nitrogen and oxygen atoms in total. The van der Waals surface area contributed by atoms with Crippen LogP contribution in [0.1, 0.15) is 13.8 Å².